The van der Waals surface area contributed by atoms with E-state index in [1.54, 1.807) is 0 Å². The van der Waals surface area contributed by atoms with Crippen LogP contribution in [0.4, 0.5) is 0 Å². The highest BCUT2D eigenvalue weighted by Gasteiger charge is 2.16. The lowest BCUT2D eigenvalue weighted by Crippen LogP contribution is -2.11. The Morgan fingerprint density at radius 2 is 1.79 bits per heavy atom. The average molecular weight is 277 g/mol. The molecule has 0 aromatic heterocycles. The zero-order valence-corrected chi connectivity index (χ0v) is 11.6. The molecule has 1 unspecified atom stereocenters. The normalized spacial score (nSPS) is 11.4. The number of hydrogen-bond donors (Lipinski definition) is 0. The van der Waals surface area contributed by atoms with E-state index in [2.05, 4.69) is 20.8 Å². The van der Waals surface area contributed by atoms with Crippen LogP contribution in [0.25, 0.3) is 0 Å². The first-order valence-corrected chi connectivity index (χ1v) is 5.54. The van der Waals surface area contributed by atoms with Gasteiger partial charge in [-0.05, 0) is 18.6 Å². The van der Waals surface area contributed by atoms with Crippen LogP contribution in [-0.4, -0.2) is 5.16 Å². The highest BCUT2D eigenvalue weighted by molar-refractivity contribution is 8.93. The van der Waals surface area contributed by atoms with Gasteiger partial charge < -0.3 is 4.52 Å². The molecule has 0 aliphatic carbocycles. The molecule has 1 atom stereocenters. The lowest BCUT2D eigenvalue weighted by molar-refractivity contribution is 0.569. The van der Waals surface area contributed by atoms with Gasteiger partial charge in [-0.25, -0.2) is 0 Å². The van der Waals surface area contributed by atoms with E-state index in [0.29, 0.717) is 14.0 Å². The Hall–Kier alpha value is -0.0700. The molecular weight excluding hydrogens is 259 g/mol. The second-order valence-corrected chi connectivity index (χ2v) is 5.52. The van der Waals surface area contributed by atoms with Crippen molar-refractivity contribution in [1.82, 2.24) is 0 Å². The van der Waals surface area contributed by atoms with Crippen molar-refractivity contribution in [3.05, 3.63) is 30.3 Å². The van der Waals surface area contributed by atoms with Gasteiger partial charge >= 0.3 is 0 Å². The van der Waals surface area contributed by atoms with Gasteiger partial charge in [0.05, 0.1) is 8.81 Å². The number of rotatable bonds is 4. The van der Waals surface area contributed by atoms with Gasteiger partial charge in [0.25, 0.3) is 0 Å². The minimum atomic E-state index is 0. The van der Waals surface area contributed by atoms with Crippen LogP contribution in [0.1, 0.15) is 27.2 Å². The summed E-state index contributed by atoms with van der Waals surface area (Å²) in [5.74, 6) is 0.974. The Bertz CT molecular complexity index is 249. The third-order valence-electron chi connectivity index (χ3n) is 2.07. The maximum atomic E-state index is 5.69. The van der Waals surface area contributed by atoms with Crippen molar-refractivity contribution in [2.45, 2.75) is 32.3 Å². The molecule has 0 bridgehead atoms. The van der Waals surface area contributed by atoms with E-state index in [1.165, 1.54) is 0 Å². The lowest BCUT2D eigenvalue weighted by atomic mass is 10.1. The standard InChI is InChI=1S/C11H17OP.BrH/c1-4-11(2,3)13-12-10-8-6-5-7-9-10;/h5-9,13H,4H2,1-3H3;1H. The van der Waals surface area contributed by atoms with Crippen LogP contribution in [-0.2, 0) is 0 Å². The van der Waals surface area contributed by atoms with Crippen LogP contribution in [0.5, 0.6) is 5.75 Å². The molecule has 0 saturated heterocycles. The molecule has 0 N–H and O–H groups in total. The van der Waals surface area contributed by atoms with Gasteiger partial charge in [0.2, 0.25) is 0 Å². The van der Waals surface area contributed by atoms with Crippen molar-refractivity contribution in [2.75, 3.05) is 0 Å². The lowest BCUT2D eigenvalue weighted by Gasteiger charge is -2.21. The smallest absolute Gasteiger partial charge is 0.122 e. The largest absolute Gasteiger partial charge is 0.477 e. The van der Waals surface area contributed by atoms with Crippen molar-refractivity contribution in [3.8, 4) is 5.75 Å². The molecule has 1 nitrogen and oxygen atoms in total. The fourth-order valence-electron chi connectivity index (χ4n) is 0.758. The predicted molar refractivity (Wildman–Crippen MR) is 70.1 cm³/mol. The van der Waals surface area contributed by atoms with E-state index in [4.69, 9.17) is 4.52 Å². The minimum Gasteiger partial charge on any atom is -0.477 e. The monoisotopic (exact) mass is 276 g/mol. The second-order valence-electron chi connectivity index (χ2n) is 3.75. The average Bonchev–Trinajstić information content (AvgIpc) is 2.17. The number of para-hydroxylation sites is 1. The van der Waals surface area contributed by atoms with Crippen molar-refractivity contribution in [1.29, 1.82) is 0 Å². The van der Waals surface area contributed by atoms with E-state index >= 15 is 0 Å². The SMILES string of the molecule is Br.CCC(C)(C)POc1ccccc1. The molecule has 0 heterocycles. The van der Waals surface area contributed by atoms with E-state index in [1.807, 2.05) is 30.3 Å². The van der Waals surface area contributed by atoms with Crippen LogP contribution in [0.3, 0.4) is 0 Å². The highest BCUT2D eigenvalue weighted by Crippen LogP contribution is 2.35. The van der Waals surface area contributed by atoms with Gasteiger partial charge in [0.1, 0.15) is 5.75 Å². The van der Waals surface area contributed by atoms with Crippen molar-refractivity contribution in [3.63, 3.8) is 0 Å². The van der Waals surface area contributed by atoms with E-state index in [9.17, 15) is 0 Å². The molecule has 3 heteroatoms. The van der Waals surface area contributed by atoms with Crippen molar-refractivity contribution < 1.29 is 4.52 Å². The first kappa shape index (κ1) is 13.9. The summed E-state index contributed by atoms with van der Waals surface area (Å²) in [6.45, 7) is 6.66. The van der Waals surface area contributed by atoms with Gasteiger partial charge in [0.15, 0.2) is 0 Å². The minimum absolute atomic E-state index is 0. The summed E-state index contributed by atoms with van der Waals surface area (Å²) in [5, 5.41) is 0.301. The summed E-state index contributed by atoms with van der Waals surface area (Å²) in [4.78, 5) is 0. The zero-order valence-electron chi connectivity index (χ0n) is 8.91. The van der Waals surface area contributed by atoms with Gasteiger partial charge in [-0.1, -0.05) is 39.0 Å². The molecule has 14 heavy (non-hydrogen) atoms. The van der Waals surface area contributed by atoms with E-state index in [-0.39, 0.29) is 17.0 Å². The summed E-state index contributed by atoms with van der Waals surface area (Å²) in [5.41, 5.74) is 0. The first-order chi connectivity index (χ1) is 6.14. The Labute approximate surface area is 98.9 Å². The molecule has 1 rings (SSSR count). The second kappa shape index (κ2) is 6.42. The Morgan fingerprint density at radius 3 is 2.29 bits per heavy atom. The summed E-state index contributed by atoms with van der Waals surface area (Å²) in [6.07, 6.45) is 1.15. The van der Waals surface area contributed by atoms with Gasteiger partial charge in [-0.3, -0.25) is 0 Å². The Morgan fingerprint density at radius 1 is 1.21 bits per heavy atom. The van der Waals surface area contributed by atoms with Gasteiger partial charge in [-0.2, -0.15) is 0 Å². The van der Waals surface area contributed by atoms with Gasteiger partial charge in [-0.15, -0.1) is 17.0 Å². The molecule has 0 radical (unpaired) electrons. The summed E-state index contributed by atoms with van der Waals surface area (Å²) < 4.78 is 5.69. The molecule has 1 aromatic rings. The summed E-state index contributed by atoms with van der Waals surface area (Å²) in [6, 6.07) is 10.00. The number of benzene rings is 1. The van der Waals surface area contributed by atoms with E-state index < -0.39 is 0 Å². The molecule has 0 aliphatic rings. The molecule has 0 aliphatic heterocycles. The number of halogens is 1. The van der Waals surface area contributed by atoms with Gasteiger partial charge in [0, 0.05) is 5.16 Å². The molecule has 0 amide bonds. The van der Waals surface area contributed by atoms with Crippen LogP contribution in [0.2, 0.25) is 0 Å². The van der Waals surface area contributed by atoms with Crippen LogP contribution in [0, 0.1) is 0 Å². The molecule has 0 fully saturated rings. The van der Waals surface area contributed by atoms with Crippen LogP contribution >= 0.6 is 25.8 Å². The number of hydrogen-bond acceptors (Lipinski definition) is 1. The van der Waals surface area contributed by atoms with Crippen molar-refractivity contribution >= 4 is 25.8 Å². The first-order valence-electron chi connectivity index (χ1n) is 4.63. The van der Waals surface area contributed by atoms with E-state index in [0.717, 1.165) is 12.2 Å². The van der Waals surface area contributed by atoms with Crippen LogP contribution < -0.4 is 4.52 Å². The molecule has 0 saturated carbocycles. The third kappa shape index (κ3) is 4.97. The third-order valence-corrected chi connectivity index (χ3v) is 3.32. The summed E-state index contributed by atoms with van der Waals surface area (Å²) >= 11 is 0. The maximum Gasteiger partial charge on any atom is 0.122 e. The zero-order chi connectivity index (χ0) is 9.73. The van der Waals surface area contributed by atoms with Crippen LogP contribution in [0.15, 0.2) is 30.3 Å². The fraction of sp³-hybridized carbons (Fsp3) is 0.455. The Balaban J connectivity index is 0.00000169. The molecular formula is C11H18BrOP. The topological polar surface area (TPSA) is 9.23 Å². The predicted octanol–water partition coefficient (Wildman–Crippen LogP) is 4.43. The molecule has 1 aromatic carbocycles. The fourth-order valence-corrected chi connectivity index (χ4v) is 1.43. The highest BCUT2D eigenvalue weighted by atomic mass is 79.9. The quantitative estimate of drug-likeness (QED) is 0.740. The van der Waals surface area contributed by atoms with Crippen molar-refractivity contribution in [2.24, 2.45) is 0 Å². The summed E-state index contributed by atoms with van der Waals surface area (Å²) in [7, 11) is 0.536. The Kier molecular flexibility index (Phi) is 6.39. The molecule has 0 spiro atoms. The molecule has 80 valence electrons. The maximum absolute atomic E-state index is 5.69.